The van der Waals surface area contributed by atoms with Crippen LogP contribution in [0.5, 0.6) is 0 Å². The van der Waals surface area contributed by atoms with Gasteiger partial charge in [-0.1, -0.05) is 0 Å². The van der Waals surface area contributed by atoms with E-state index in [9.17, 15) is 18.0 Å². The molecule has 0 aliphatic heterocycles. The first-order valence-electron chi connectivity index (χ1n) is 11.3. The van der Waals surface area contributed by atoms with Crippen molar-refractivity contribution < 1.29 is 13.2 Å². The van der Waals surface area contributed by atoms with E-state index in [0.29, 0.717) is 15.8 Å². The molecule has 0 unspecified atom stereocenters. The summed E-state index contributed by atoms with van der Waals surface area (Å²) in [6.45, 7) is -1.11. The van der Waals surface area contributed by atoms with Crippen molar-refractivity contribution in [1.82, 2.24) is 48.9 Å². The molecule has 0 amide bonds. The molecule has 0 aliphatic carbocycles. The Balaban J connectivity index is 1.62. The molecule has 12 nitrogen and oxygen atoms in total. The van der Waals surface area contributed by atoms with Crippen LogP contribution in [0.3, 0.4) is 0 Å². The second-order valence-corrected chi connectivity index (χ2v) is 8.56. The number of benzene rings is 1. The van der Waals surface area contributed by atoms with Gasteiger partial charge in [0.2, 0.25) is 0 Å². The van der Waals surface area contributed by atoms with Crippen LogP contribution in [-0.4, -0.2) is 48.9 Å². The summed E-state index contributed by atoms with van der Waals surface area (Å²) in [5, 5.41) is 12.9. The van der Waals surface area contributed by atoms with Crippen LogP contribution in [0.1, 0.15) is 25.3 Å². The first-order valence-corrected chi connectivity index (χ1v) is 11.3. The number of hydrogen-bond acceptors (Lipinski definition) is 8. The Morgan fingerprint density at radius 2 is 1.89 bits per heavy atom. The largest absolute Gasteiger partial charge is 0.383 e. The maximum atomic E-state index is 14.0. The number of aromatic nitrogens is 10. The lowest BCUT2D eigenvalue weighted by Gasteiger charge is -2.18. The lowest BCUT2D eigenvalue weighted by Crippen LogP contribution is -2.27. The fourth-order valence-electron chi connectivity index (χ4n) is 4.37. The van der Waals surface area contributed by atoms with Crippen molar-refractivity contribution in [3.05, 3.63) is 71.3 Å². The highest BCUT2D eigenvalue weighted by atomic mass is 19.3. The Labute approximate surface area is 210 Å². The highest BCUT2D eigenvalue weighted by molar-refractivity contribution is 5.98. The number of fused-ring (bicyclic) bond motifs is 2. The van der Waals surface area contributed by atoms with Gasteiger partial charge in [-0.15, -0.1) is 0 Å². The quantitative estimate of drug-likeness (QED) is 0.365. The van der Waals surface area contributed by atoms with Gasteiger partial charge in [-0.3, -0.25) is 14.0 Å². The molecule has 6 aromatic rings. The fraction of sp³-hybridized carbons (Fsp3) is 0.174. The van der Waals surface area contributed by atoms with E-state index in [4.69, 9.17) is 5.73 Å². The summed E-state index contributed by atoms with van der Waals surface area (Å²) in [4.78, 5) is 26.7. The number of anilines is 1. The number of rotatable bonds is 5. The maximum absolute atomic E-state index is 14.0. The SMILES string of the molecule is C[C@@H](c1nc2ccc(F)cc2c(=O)n1-c1cnn(C)c1)n1nc(-c2cnn(C(F)F)c2)c2c(N)ncnc21. The van der Waals surface area contributed by atoms with Crippen LogP contribution in [0.25, 0.3) is 38.9 Å². The zero-order valence-electron chi connectivity index (χ0n) is 19.9. The van der Waals surface area contributed by atoms with Crippen molar-refractivity contribution in [2.75, 3.05) is 5.73 Å². The molecule has 0 saturated carbocycles. The molecule has 192 valence electrons. The minimum absolute atomic E-state index is 0.0832. The van der Waals surface area contributed by atoms with Gasteiger partial charge in [0.15, 0.2) is 5.65 Å². The van der Waals surface area contributed by atoms with E-state index in [0.717, 1.165) is 12.3 Å². The molecular formula is C23H18F3N11O. The van der Waals surface area contributed by atoms with Crippen molar-refractivity contribution in [2.45, 2.75) is 19.5 Å². The van der Waals surface area contributed by atoms with Gasteiger partial charge in [-0.25, -0.2) is 28.7 Å². The summed E-state index contributed by atoms with van der Waals surface area (Å²) in [6.07, 6.45) is 6.73. The lowest BCUT2D eigenvalue weighted by atomic mass is 10.2. The number of nitrogens with zero attached hydrogens (tertiary/aromatic N) is 10. The number of aryl methyl sites for hydroxylation is 1. The second kappa shape index (κ2) is 8.50. The maximum Gasteiger partial charge on any atom is 0.333 e. The smallest absolute Gasteiger partial charge is 0.333 e. The van der Waals surface area contributed by atoms with E-state index in [2.05, 4.69) is 30.2 Å². The minimum atomic E-state index is -2.84. The first kappa shape index (κ1) is 23.3. The average Bonchev–Trinajstić information content (AvgIpc) is 3.63. The van der Waals surface area contributed by atoms with Gasteiger partial charge in [0.25, 0.3) is 5.56 Å². The van der Waals surface area contributed by atoms with Gasteiger partial charge >= 0.3 is 6.55 Å². The highest BCUT2D eigenvalue weighted by Crippen LogP contribution is 2.33. The van der Waals surface area contributed by atoms with Crippen molar-refractivity contribution >= 4 is 27.8 Å². The van der Waals surface area contributed by atoms with E-state index in [1.54, 1.807) is 20.2 Å². The summed E-state index contributed by atoms with van der Waals surface area (Å²) in [5.41, 5.74) is 7.12. The first-order chi connectivity index (χ1) is 18.2. The fourth-order valence-corrected chi connectivity index (χ4v) is 4.37. The molecule has 1 atom stereocenters. The Morgan fingerprint density at radius 3 is 2.61 bits per heavy atom. The van der Waals surface area contributed by atoms with Crippen molar-refractivity contribution in [3.63, 3.8) is 0 Å². The van der Waals surface area contributed by atoms with Gasteiger partial charge < -0.3 is 5.73 Å². The van der Waals surface area contributed by atoms with Gasteiger partial charge in [0.1, 0.15) is 35.5 Å². The summed E-state index contributed by atoms with van der Waals surface area (Å²) >= 11 is 0. The van der Waals surface area contributed by atoms with Gasteiger partial charge in [-0.05, 0) is 25.1 Å². The van der Waals surface area contributed by atoms with Crippen molar-refractivity contribution in [1.29, 1.82) is 0 Å². The van der Waals surface area contributed by atoms with E-state index in [-0.39, 0.29) is 39.4 Å². The Bertz CT molecular complexity index is 1900. The van der Waals surface area contributed by atoms with Crippen LogP contribution >= 0.6 is 0 Å². The molecule has 0 saturated heterocycles. The highest BCUT2D eigenvalue weighted by Gasteiger charge is 2.26. The standard InChI is InChI=1S/C23H18F3N11O/c1-11(20-32-16-4-3-13(24)5-15(16)22(38)36(20)14-7-30-34(2)9-14)37-21-17(19(27)28-10-29-21)18(33-37)12-6-31-35(8-12)23(25)26/h3-11,23H,1-2H3,(H2,27,28,29)/t11-/m0/s1. The zero-order chi connectivity index (χ0) is 26.7. The van der Waals surface area contributed by atoms with E-state index in [1.165, 1.54) is 44.8 Å². The number of nitrogens with two attached hydrogens (primary N) is 1. The monoisotopic (exact) mass is 521 g/mol. The van der Waals surface area contributed by atoms with Gasteiger partial charge in [0.05, 0.1) is 34.4 Å². The summed E-state index contributed by atoms with van der Waals surface area (Å²) in [5.74, 6) is -0.243. The number of alkyl halides is 2. The van der Waals surface area contributed by atoms with Crippen LogP contribution in [0.2, 0.25) is 0 Å². The van der Waals surface area contributed by atoms with E-state index < -0.39 is 24.0 Å². The number of halogens is 3. The summed E-state index contributed by atoms with van der Waals surface area (Å²) in [7, 11) is 1.69. The Hall–Kier alpha value is -5.08. The van der Waals surface area contributed by atoms with E-state index >= 15 is 0 Å². The van der Waals surface area contributed by atoms with Crippen molar-refractivity contribution in [3.8, 4) is 16.9 Å². The van der Waals surface area contributed by atoms with Gasteiger partial charge in [-0.2, -0.15) is 24.1 Å². The molecule has 0 fully saturated rings. The van der Waals surface area contributed by atoms with Crippen LogP contribution in [0, 0.1) is 5.82 Å². The van der Waals surface area contributed by atoms with Crippen LogP contribution < -0.4 is 11.3 Å². The molecule has 5 heterocycles. The normalized spacial score (nSPS) is 12.7. The molecule has 2 N–H and O–H groups in total. The third-order valence-corrected chi connectivity index (χ3v) is 6.14. The van der Waals surface area contributed by atoms with Gasteiger partial charge in [0, 0.05) is 25.0 Å². The molecule has 0 spiro atoms. The Kier molecular flexibility index (Phi) is 5.22. The third kappa shape index (κ3) is 3.58. The topological polar surface area (TPSA) is 140 Å². The van der Waals surface area contributed by atoms with Crippen LogP contribution in [-0.2, 0) is 7.05 Å². The predicted molar refractivity (Wildman–Crippen MR) is 130 cm³/mol. The Morgan fingerprint density at radius 1 is 1.08 bits per heavy atom. The van der Waals surface area contributed by atoms with Crippen LogP contribution in [0.4, 0.5) is 19.0 Å². The molecule has 15 heteroatoms. The van der Waals surface area contributed by atoms with E-state index in [1.807, 2.05) is 0 Å². The summed E-state index contributed by atoms with van der Waals surface area (Å²) in [6, 6.07) is 3.02. The molecule has 0 aliphatic rings. The molecule has 5 aromatic heterocycles. The molecule has 0 radical (unpaired) electrons. The van der Waals surface area contributed by atoms with Crippen molar-refractivity contribution in [2.24, 2.45) is 7.05 Å². The average molecular weight is 521 g/mol. The predicted octanol–water partition coefficient (Wildman–Crippen LogP) is 2.85. The molecular weight excluding hydrogens is 503 g/mol. The van der Waals surface area contributed by atoms with Crippen LogP contribution in [0.15, 0.2) is 54.1 Å². The molecule has 6 rings (SSSR count). The second-order valence-electron chi connectivity index (χ2n) is 8.56. The minimum Gasteiger partial charge on any atom is -0.383 e. The molecule has 38 heavy (non-hydrogen) atoms. The third-order valence-electron chi connectivity index (χ3n) is 6.14. The summed E-state index contributed by atoms with van der Waals surface area (Å²) < 4.78 is 45.2. The number of nitrogen functional groups attached to an aromatic ring is 1. The zero-order valence-corrected chi connectivity index (χ0v) is 19.9. The molecule has 0 bridgehead atoms. The number of hydrogen-bond donors (Lipinski definition) is 1. The molecule has 1 aromatic carbocycles. The lowest BCUT2D eigenvalue weighted by molar-refractivity contribution is 0.0566.